The molecule has 3 aromatic carbocycles. The van der Waals surface area contributed by atoms with Crippen molar-refractivity contribution in [1.82, 2.24) is 15.0 Å². The van der Waals surface area contributed by atoms with Gasteiger partial charge in [0.05, 0.1) is 5.69 Å². The van der Waals surface area contributed by atoms with Crippen LogP contribution in [0.5, 0.6) is 0 Å². The Bertz CT molecular complexity index is 1720. The summed E-state index contributed by atoms with van der Waals surface area (Å²) in [6.07, 6.45) is 3.61. The predicted molar refractivity (Wildman–Crippen MR) is 153 cm³/mol. The van der Waals surface area contributed by atoms with Crippen LogP contribution in [-0.4, -0.2) is 15.0 Å². The molecule has 4 heterocycles. The Balaban J connectivity index is 0.000000191. The molecule has 0 aliphatic carbocycles. The number of fused-ring (bicyclic) bond motifs is 3. The van der Waals surface area contributed by atoms with E-state index in [1.54, 1.807) is 17.5 Å². The Morgan fingerprint density at radius 2 is 1.29 bits per heavy atom. The van der Waals surface area contributed by atoms with E-state index in [1.807, 2.05) is 91.1 Å². The number of rotatable bonds is 3. The third-order valence-corrected chi connectivity index (χ3v) is 7.07. The minimum absolute atomic E-state index is 0. The van der Waals surface area contributed by atoms with Gasteiger partial charge in [-0.2, -0.15) is 11.3 Å². The van der Waals surface area contributed by atoms with Crippen LogP contribution in [0, 0.1) is 12.1 Å². The SMILES string of the molecule is [Ir].[c-]1ccc2c(sc3nc(-c4ccccc4)ccc32)c1-c1ccccn1.[c-]1ccccc1-c1ccccn1. The van der Waals surface area contributed by atoms with Crippen LogP contribution < -0.4 is 0 Å². The fourth-order valence-corrected chi connectivity index (χ4v) is 5.35. The van der Waals surface area contributed by atoms with Crippen molar-refractivity contribution in [3.63, 3.8) is 0 Å². The normalized spacial score (nSPS) is 10.4. The molecule has 4 aromatic heterocycles. The van der Waals surface area contributed by atoms with E-state index in [0.717, 1.165) is 38.6 Å². The van der Waals surface area contributed by atoms with Crippen molar-refractivity contribution in [2.24, 2.45) is 0 Å². The van der Waals surface area contributed by atoms with E-state index in [9.17, 15) is 0 Å². The molecule has 0 aliphatic rings. The van der Waals surface area contributed by atoms with Gasteiger partial charge in [-0.3, -0.25) is 0 Å². The van der Waals surface area contributed by atoms with Crippen LogP contribution >= 0.6 is 11.3 Å². The van der Waals surface area contributed by atoms with Gasteiger partial charge >= 0.3 is 0 Å². The third-order valence-electron chi connectivity index (χ3n) is 5.94. The first-order valence-electron chi connectivity index (χ1n) is 12.0. The number of pyridine rings is 3. The van der Waals surface area contributed by atoms with Gasteiger partial charge in [0.15, 0.2) is 0 Å². The minimum Gasteiger partial charge on any atom is -0.305 e. The molecule has 0 saturated heterocycles. The summed E-state index contributed by atoms with van der Waals surface area (Å²) in [6.45, 7) is 0. The van der Waals surface area contributed by atoms with Gasteiger partial charge in [0.2, 0.25) is 0 Å². The Hall–Kier alpha value is -4.02. The molecule has 0 aliphatic heterocycles. The molecule has 185 valence electrons. The molecule has 0 bridgehead atoms. The van der Waals surface area contributed by atoms with E-state index >= 15 is 0 Å². The number of benzene rings is 3. The van der Waals surface area contributed by atoms with Crippen molar-refractivity contribution < 1.29 is 20.1 Å². The molecular weight excluding hydrogens is 663 g/mol. The first-order chi connectivity index (χ1) is 18.4. The van der Waals surface area contributed by atoms with Gasteiger partial charge in [-0.05, 0) is 39.7 Å². The molecule has 7 aromatic rings. The fourth-order valence-electron chi connectivity index (χ4n) is 4.17. The van der Waals surface area contributed by atoms with Gasteiger partial charge in [-0.15, -0.1) is 59.7 Å². The molecule has 3 nitrogen and oxygen atoms in total. The summed E-state index contributed by atoms with van der Waals surface area (Å²) < 4.78 is 1.19. The van der Waals surface area contributed by atoms with Gasteiger partial charge < -0.3 is 9.97 Å². The van der Waals surface area contributed by atoms with E-state index in [2.05, 4.69) is 52.4 Å². The molecule has 0 N–H and O–H groups in total. The summed E-state index contributed by atoms with van der Waals surface area (Å²) in [5, 5.41) is 2.40. The van der Waals surface area contributed by atoms with Crippen molar-refractivity contribution in [1.29, 1.82) is 0 Å². The van der Waals surface area contributed by atoms with E-state index in [0.29, 0.717) is 0 Å². The summed E-state index contributed by atoms with van der Waals surface area (Å²) in [4.78, 5) is 14.7. The maximum atomic E-state index is 4.90. The standard InChI is InChI=1S/C22H13N2S.C11H8N.Ir/c1-2-7-15(8-3-1)19-13-12-17-16-9-6-10-18(20-11-4-5-14-23-20)21(16)25-22(17)24-19;1-2-6-10(7-3-1)11-8-4-5-9-12-11;/h1-9,11-14H;1-6,8-9H;/q2*-1;. The van der Waals surface area contributed by atoms with Gasteiger partial charge in [0.25, 0.3) is 0 Å². The van der Waals surface area contributed by atoms with E-state index in [4.69, 9.17) is 4.98 Å². The van der Waals surface area contributed by atoms with E-state index in [1.165, 1.54) is 15.5 Å². The van der Waals surface area contributed by atoms with Gasteiger partial charge in [-0.1, -0.05) is 66.0 Å². The van der Waals surface area contributed by atoms with Crippen molar-refractivity contribution in [2.75, 3.05) is 0 Å². The maximum Gasteiger partial charge on any atom is 0.114 e. The molecule has 7 rings (SSSR count). The Morgan fingerprint density at radius 3 is 2.00 bits per heavy atom. The first-order valence-corrected chi connectivity index (χ1v) is 12.8. The summed E-state index contributed by atoms with van der Waals surface area (Å²) in [6, 6.07) is 44.8. The van der Waals surface area contributed by atoms with Gasteiger partial charge in [0.1, 0.15) is 4.83 Å². The topological polar surface area (TPSA) is 38.7 Å². The number of hydrogen-bond acceptors (Lipinski definition) is 4. The van der Waals surface area contributed by atoms with Crippen LogP contribution in [0.15, 0.2) is 128 Å². The fraction of sp³-hybridized carbons (Fsp3) is 0. The zero-order valence-electron chi connectivity index (χ0n) is 20.2. The molecule has 0 saturated carbocycles. The quantitative estimate of drug-likeness (QED) is 0.175. The molecule has 0 atom stereocenters. The summed E-state index contributed by atoms with van der Waals surface area (Å²) >= 11 is 1.71. The van der Waals surface area contributed by atoms with Crippen molar-refractivity contribution >= 4 is 31.6 Å². The van der Waals surface area contributed by atoms with Gasteiger partial charge in [0, 0.05) is 38.1 Å². The Kier molecular flexibility index (Phi) is 8.10. The molecular formula is C33H21IrN3S-2. The summed E-state index contributed by atoms with van der Waals surface area (Å²) in [5.41, 5.74) is 6.14. The largest absolute Gasteiger partial charge is 0.305 e. The van der Waals surface area contributed by atoms with E-state index in [-0.39, 0.29) is 20.1 Å². The van der Waals surface area contributed by atoms with Crippen molar-refractivity contribution in [2.45, 2.75) is 0 Å². The molecule has 1 radical (unpaired) electrons. The van der Waals surface area contributed by atoms with Crippen LogP contribution in [0.1, 0.15) is 0 Å². The summed E-state index contributed by atoms with van der Waals surface area (Å²) in [7, 11) is 0. The second-order valence-corrected chi connectivity index (χ2v) is 9.32. The maximum absolute atomic E-state index is 4.90. The number of thiophene rings is 1. The molecule has 0 spiro atoms. The molecule has 0 unspecified atom stereocenters. The first kappa shape index (κ1) is 25.6. The number of aromatic nitrogens is 3. The monoisotopic (exact) mass is 684 g/mol. The van der Waals surface area contributed by atoms with Crippen LogP contribution in [0.3, 0.4) is 0 Å². The zero-order chi connectivity index (χ0) is 24.9. The number of nitrogens with zero attached hydrogens (tertiary/aromatic N) is 3. The van der Waals surface area contributed by atoms with E-state index < -0.39 is 0 Å². The smallest absolute Gasteiger partial charge is 0.114 e. The third kappa shape index (κ3) is 5.46. The Labute approximate surface area is 239 Å². The van der Waals surface area contributed by atoms with Crippen LogP contribution in [0.2, 0.25) is 0 Å². The minimum atomic E-state index is 0. The molecule has 0 fully saturated rings. The Morgan fingerprint density at radius 1 is 0.553 bits per heavy atom. The molecule has 38 heavy (non-hydrogen) atoms. The van der Waals surface area contributed by atoms with Gasteiger partial charge in [-0.25, -0.2) is 4.98 Å². The second kappa shape index (κ2) is 12.0. The average Bonchev–Trinajstić information content (AvgIpc) is 3.37. The number of hydrogen-bond donors (Lipinski definition) is 0. The zero-order valence-corrected chi connectivity index (χ0v) is 23.4. The average molecular weight is 684 g/mol. The summed E-state index contributed by atoms with van der Waals surface area (Å²) in [5.74, 6) is 0. The molecule has 5 heteroatoms. The van der Waals surface area contributed by atoms with Crippen LogP contribution in [-0.2, 0) is 20.1 Å². The van der Waals surface area contributed by atoms with Crippen molar-refractivity contribution in [3.05, 3.63) is 140 Å². The van der Waals surface area contributed by atoms with Crippen LogP contribution in [0.25, 0.3) is 54.1 Å². The van der Waals surface area contributed by atoms with Crippen molar-refractivity contribution in [3.8, 4) is 33.8 Å². The predicted octanol–water partition coefficient (Wildman–Crippen LogP) is 8.52. The van der Waals surface area contributed by atoms with Crippen LogP contribution in [0.4, 0.5) is 0 Å². The second-order valence-electron chi connectivity index (χ2n) is 8.32. The molecule has 0 amide bonds.